The van der Waals surface area contributed by atoms with Crippen LogP contribution in [0.15, 0.2) is 39.9 Å². The van der Waals surface area contributed by atoms with E-state index in [9.17, 15) is 14.4 Å². The van der Waals surface area contributed by atoms with Crippen molar-refractivity contribution in [3.05, 3.63) is 62.4 Å². The summed E-state index contributed by atoms with van der Waals surface area (Å²) in [5.74, 6) is 0.0586. The molecule has 1 aromatic carbocycles. The van der Waals surface area contributed by atoms with Gasteiger partial charge in [-0.3, -0.25) is 9.59 Å². The number of nitrogens with one attached hydrogen (secondary N) is 1. The molecule has 0 bridgehead atoms. The fourth-order valence-corrected chi connectivity index (χ4v) is 3.41. The van der Waals surface area contributed by atoms with Crippen molar-refractivity contribution in [1.29, 1.82) is 0 Å². The van der Waals surface area contributed by atoms with Gasteiger partial charge in [-0.05, 0) is 51.0 Å². The average molecular weight is 410 g/mol. The van der Waals surface area contributed by atoms with Crippen LogP contribution in [0.1, 0.15) is 31.5 Å². The van der Waals surface area contributed by atoms with Crippen molar-refractivity contribution in [3.8, 4) is 11.4 Å². The average Bonchev–Trinajstić information content (AvgIpc) is 2.70. The lowest BCUT2D eigenvalue weighted by molar-refractivity contribution is -0.122. The molecule has 0 aliphatic rings. The molecule has 0 fully saturated rings. The van der Waals surface area contributed by atoms with Gasteiger partial charge in [0.2, 0.25) is 5.91 Å². The van der Waals surface area contributed by atoms with Crippen LogP contribution < -0.4 is 21.3 Å². The van der Waals surface area contributed by atoms with Gasteiger partial charge in [-0.15, -0.1) is 0 Å². The summed E-state index contributed by atoms with van der Waals surface area (Å²) in [6.07, 6.45) is 0.742. The summed E-state index contributed by atoms with van der Waals surface area (Å²) in [4.78, 5) is 43.6. The van der Waals surface area contributed by atoms with E-state index in [4.69, 9.17) is 4.74 Å². The number of hydrogen-bond donors (Lipinski definition) is 1. The first-order valence-corrected chi connectivity index (χ1v) is 9.85. The van der Waals surface area contributed by atoms with Crippen molar-refractivity contribution >= 4 is 16.9 Å². The third-order valence-corrected chi connectivity index (χ3v) is 5.07. The quantitative estimate of drug-likeness (QED) is 0.671. The summed E-state index contributed by atoms with van der Waals surface area (Å²) in [5.41, 5.74) is 0.866. The maximum absolute atomic E-state index is 13.4. The summed E-state index contributed by atoms with van der Waals surface area (Å²) in [6.45, 7) is 7.03. The van der Waals surface area contributed by atoms with Gasteiger partial charge in [-0.1, -0.05) is 19.1 Å². The number of rotatable bonds is 6. The molecule has 3 aromatic rings. The number of hydrogen-bond acceptors (Lipinski definition) is 5. The number of amides is 1. The molecule has 2 heterocycles. The Hall–Kier alpha value is -3.42. The molecule has 0 saturated carbocycles. The monoisotopic (exact) mass is 410 g/mol. The maximum Gasteiger partial charge on any atom is 0.337 e. The van der Waals surface area contributed by atoms with Crippen molar-refractivity contribution in [2.75, 3.05) is 7.11 Å². The number of para-hydroxylation sites is 2. The fraction of sp³-hybridized carbons (Fsp3) is 0.364. The third-order valence-electron chi connectivity index (χ3n) is 5.07. The third kappa shape index (κ3) is 3.85. The Balaban J connectivity index is 2.36. The molecule has 158 valence electrons. The zero-order chi connectivity index (χ0) is 22.0. The first-order chi connectivity index (χ1) is 14.3. The zero-order valence-corrected chi connectivity index (χ0v) is 17.9. The molecule has 0 radical (unpaired) electrons. The molecule has 8 nitrogen and oxygen atoms in total. The van der Waals surface area contributed by atoms with Gasteiger partial charge in [-0.2, -0.15) is 0 Å². The summed E-state index contributed by atoms with van der Waals surface area (Å²) in [6, 6.07) is 8.72. The van der Waals surface area contributed by atoms with Crippen LogP contribution in [-0.4, -0.2) is 33.2 Å². The highest BCUT2D eigenvalue weighted by molar-refractivity contribution is 5.81. The number of aryl methyl sites for hydroxylation is 2. The number of fused-ring (bicyclic) bond motifs is 1. The van der Waals surface area contributed by atoms with Gasteiger partial charge < -0.3 is 10.1 Å². The van der Waals surface area contributed by atoms with E-state index >= 15 is 0 Å². The predicted molar refractivity (Wildman–Crippen MR) is 116 cm³/mol. The van der Waals surface area contributed by atoms with E-state index in [-0.39, 0.29) is 18.2 Å². The van der Waals surface area contributed by atoms with Gasteiger partial charge in [0, 0.05) is 11.7 Å². The lowest BCUT2D eigenvalue weighted by atomic mass is 10.1. The second-order valence-corrected chi connectivity index (χ2v) is 7.34. The highest BCUT2D eigenvalue weighted by Gasteiger charge is 2.21. The molecule has 1 atom stereocenters. The van der Waals surface area contributed by atoms with Crippen molar-refractivity contribution in [1.82, 2.24) is 19.4 Å². The lowest BCUT2D eigenvalue weighted by Crippen LogP contribution is -2.45. The minimum absolute atomic E-state index is 0.0591. The zero-order valence-electron chi connectivity index (χ0n) is 17.9. The number of benzene rings is 1. The number of aromatic nitrogens is 3. The molecule has 0 aliphatic heterocycles. The number of carbonyl (C=O) groups excluding carboxylic acids is 1. The number of pyridine rings is 1. The smallest absolute Gasteiger partial charge is 0.337 e. The molecule has 1 unspecified atom stereocenters. The summed E-state index contributed by atoms with van der Waals surface area (Å²) in [7, 11) is 1.51. The Morgan fingerprint density at radius 3 is 2.60 bits per heavy atom. The van der Waals surface area contributed by atoms with E-state index in [1.165, 1.54) is 11.7 Å². The topological polar surface area (TPSA) is 95.2 Å². The highest BCUT2D eigenvalue weighted by atomic mass is 16.5. The van der Waals surface area contributed by atoms with Crippen LogP contribution in [0, 0.1) is 13.8 Å². The second kappa shape index (κ2) is 8.52. The maximum atomic E-state index is 13.4. The molecular weight excluding hydrogens is 384 g/mol. The minimum atomic E-state index is -0.645. The van der Waals surface area contributed by atoms with Crippen LogP contribution in [0.3, 0.4) is 0 Å². The summed E-state index contributed by atoms with van der Waals surface area (Å²) in [5, 5.41) is 3.09. The Bertz CT molecular complexity index is 1230. The van der Waals surface area contributed by atoms with Crippen LogP contribution in [0.4, 0.5) is 0 Å². The molecule has 1 amide bonds. The van der Waals surface area contributed by atoms with Gasteiger partial charge in [0.25, 0.3) is 5.56 Å². The number of ether oxygens (including phenoxy) is 1. The number of methoxy groups -OCH3 is 1. The molecular formula is C22H26N4O4. The number of nitrogens with zero attached hydrogens (tertiary/aromatic N) is 3. The Morgan fingerprint density at radius 2 is 1.93 bits per heavy atom. The van der Waals surface area contributed by atoms with Crippen molar-refractivity contribution in [2.24, 2.45) is 0 Å². The highest BCUT2D eigenvalue weighted by Crippen LogP contribution is 2.24. The largest absolute Gasteiger partial charge is 0.495 e. The molecule has 30 heavy (non-hydrogen) atoms. The summed E-state index contributed by atoms with van der Waals surface area (Å²) >= 11 is 0. The van der Waals surface area contributed by atoms with Gasteiger partial charge in [0.15, 0.2) is 5.65 Å². The van der Waals surface area contributed by atoms with Crippen LogP contribution in [0.25, 0.3) is 16.7 Å². The minimum Gasteiger partial charge on any atom is -0.495 e. The predicted octanol–water partition coefficient (Wildman–Crippen LogP) is 2.09. The van der Waals surface area contributed by atoms with Gasteiger partial charge in [0.05, 0.1) is 18.2 Å². The van der Waals surface area contributed by atoms with E-state index in [1.807, 2.05) is 13.8 Å². The SMILES string of the molecule is CCC(C)NC(=O)Cn1c(=O)c2c(C)cc(C)nc2n(-c2ccccc2OC)c1=O. The first kappa shape index (κ1) is 21.3. The van der Waals surface area contributed by atoms with E-state index in [1.54, 1.807) is 44.2 Å². The standard InChI is InChI=1S/C22H26N4O4/c1-6-14(3)23-18(27)12-25-21(28)19-13(2)11-15(4)24-20(19)26(22(25)29)16-9-7-8-10-17(16)30-5/h7-11,14H,6,12H2,1-5H3,(H,23,27). The van der Waals surface area contributed by atoms with Crippen LogP contribution in [-0.2, 0) is 11.3 Å². The first-order valence-electron chi connectivity index (χ1n) is 9.85. The van der Waals surface area contributed by atoms with Crippen molar-refractivity contribution in [2.45, 2.75) is 46.7 Å². The Kier molecular flexibility index (Phi) is 6.05. The molecule has 2 aromatic heterocycles. The molecule has 8 heteroatoms. The van der Waals surface area contributed by atoms with E-state index in [0.717, 1.165) is 11.0 Å². The fourth-order valence-electron chi connectivity index (χ4n) is 3.41. The Labute approximate surface area is 174 Å². The van der Waals surface area contributed by atoms with Crippen LogP contribution in [0.5, 0.6) is 5.75 Å². The van der Waals surface area contributed by atoms with Crippen molar-refractivity contribution < 1.29 is 9.53 Å². The number of carbonyl (C=O) groups is 1. The second-order valence-electron chi connectivity index (χ2n) is 7.34. The van der Waals surface area contributed by atoms with Crippen LogP contribution >= 0.6 is 0 Å². The Morgan fingerprint density at radius 1 is 1.23 bits per heavy atom. The van der Waals surface area contributed by atoms with Crippen molar-refractivity contribution in [3.63, 3.8) is 0 Å². The molecule has 0 spiro atoms. The van der Waals surface area contributed by atoms with Gasteiger partial charge in [-0.25, -0.2) is 18.9 Å². The van der Waals surface area contributed by atoms with Crippen LogP contribution in [0.2, 0.25) is 0 Å². The lowest BCUT2D eigenvalue weighted by Gasteiger charge is -2.17. The van der Waals surface area contributed by atoms with E-state index in [2.05, 4.69) is 10.3 Å². The summed E-state index contributed by atoms with van der Waals surface area (Å²) < 4.78 is 7.72. The normalized spacial score (nSPS) is 12.0. The molecule has 1 N–H and O–H groups in total. The van der Waals surface area contributed by atoms with E-state index < -0.39 is 17.2 Å². The van der Waals surface area contributed by atoms with Gasteiger partial charge in [0.1, 0.15) is 12.3 Å². The molecule has 3 rings (SSSR count). The molecule has 0 aliphatic carbocycles. The van der Waals surface area contributed by atoms with Gasteiger partial charge >= 0.3 is 5.69 Å². The molecule has 0 saturated heterocycles. The van der Waals surface area contributed by atoms with E-state index in [0.29, 0.717) is 28.1 Å².